The zero-order valence-corrected chi connectivity index (χ0v) is 11.4. The van der Waals surface area contributed by atoms with Crippen molar-refractivity contribution in [1.82, 2.24) is 9.78 Å². The van der Waals surface area contributed by atoms with E-state index in [0.29, 0.717) is 10.5 Å². The Kier molecular flexibility index (Phi) is 4.21. The first-order chi connectivity index (χ1) is 7.74. The highest BCUT2D eigenvalue weighted by Gasteiger charge is 2.31. The van der Waals surface area contributed by atoms with E-state index in [1.54, 1.807) is 0 Å². The third-order valence-corrected chi connectivity index (χ3v) is 6.42. The molecule has 2 N–H and O–H groups in total. The summed E-state index contributed by atoms with van der Waals surface area (Å²) in [6, 6.07) is 2.15. The van der Waals surface area contributed by atoms with E-state index in [0.717, 1.165) is 5.69 Å². The Balaban J connectivity index is 2.13. The van der Waals surface area contributed by atoms with Crippen molar-refractivity contribution in [1.29, 1.82) is 0 Å². The Morgan fingerprint density at radius 1 is 1.56 bits per heavy atom. The Morgan fingerprint density at radius 3 is 2.94 bits per heavy atom. The molecule has 1 saturated heterocycles. The van der Waals surface area contributed by atoms with Crippen LogP contribution in [0.25, 0.3) is 0 Å². The highest BCUT2D eigenvalue weighted by atomic mass is 32.2. The molecule has 16 heavy (non-hydrogen) atoms. The number of hydrogen-bond acceptors (Lipinski definition) is 4. The van der Waals surface area contributed by atoms with Gasteiger partial charge in [0.2, 0.25) is 0 Å². The fourth-order valence-electron chi connectivity index (χ4n) is 2.15. The molecule has 2 rings (SSSR count). The van der Waals surface area contributed by atoms with E-state index in [1.807, 2.05) is 35.8 Å². The first-order valence-corrected chi connectivity index (χ1v) is 7.80. The highest BCUT2D eigenvalue weighted by Crippen LogP contribution is 2.38. The zero-order valence-electron chi connectivity index (χ0n) is 9.80. The van der Waals surface area contributed by atoms with E-state index < -0.39 is 0 Å². The van der Waals surface area contributed by atoms with Gasteiger partial charge in [-0.15, -0.1) is 0 Å². The predicted octanol–water partition coefficient (Wildman–Crippen LogP) is 2.05. The molecule has 0 bridgehead atoms. The smallest absolute Gasteiger partial charge is 0.0598 e. The number of hydrogen-bond donors (Lipinski definition) is 1. The van der Waals surface area contributed by atoms with Crippen molar-refractivity contribution in [3.05, 3.63) is 18.0 Å². The molecule has 0 amide bonds. The van der Waals surface area contributed by atoms with Gasteiger partial charge in [-0.2, -0.15) is 28.6 Å². The van der Waals surface area contributed by atoms with Crippen molar-refractivity contribution >= 4 is 23.5 Å². The fraction of sp³-hybridized carbons (Fsp3) is 0.727. The van der Waals surface area contributed by atoms with Crippen LogP contribution in [0.3, 0.4) is 0 Å². The third-order valence-electron chi connectivity index (χ3n) is 3.05. The minimum atomic E-state index is 0.107. The lowest BCUT2D eigenvalue weighted by Gasteiger charge is -2.34. The highest BCUT2D eigenvalue weighted by molar-refractivity contribution is 8.07. The number of nitrogens with zero attached hydrogens (tertiary/aromatic N) is 2. The molecule has 1 aromatic rings. The summed E-state index contributed by atoms with van der Waals surface area (Å²) in [4.78, 5) is 0. The van der Waals surface area contributed by atoms with Gasteiger partial charge in [0.1, 0.15) is 0 Å². The first-order valence-electron chi connectivity index (χ1n) is 5.70. The van der Waals surface area contributed by atoms with Crippen LogP contribution in [0.2, 0.25) is 0 Å². The maximum Gasteiger partial charge on any atom is 0.0598 e. The number of rotatable bonds is 3. The van der Waals surface area contributed by atoms with Crippen LogP contribution in [0.15, 0.2) is 12.3 Å². The molecule has 5 heteroatoms. The Labute approximate surface area is 106 Å². The van der Waals surface area contributed by atoms with Crippen molar-refractivity contribution in [2.75, 3.05) is 11.5 Å². The zero-order chi connectivity index (χ0) is 11.5. The van der Waals surface area contributed by atoms with Crippen LogP contribution in [-0.4, -0.2) is 31.8 Å². The van der Waals surface area contributed by atoms with E-state index in [1.165, 1.54) is 17.9 Å². The molecule has 0 aliphatic carbocycles. The van der Waals surface area contributed by atoms with Crippen LogP contribution in [-0.2, 0) is 7.05 Å². The average Bonchev–Trinajstić information content (AvgIpc) is 2.74. The van der Waals surface area contributed by atoms with Crippen LogP contribution in [0, 0.1) is 0 Å². The quantitative estimate of drug-likeness (QED) is 0.900. The molecular formula is C11H19N3S2. The van der Waals surface area contributed by atoms with Gasteiger partial charge in [-0.1, -0.05) is 6.92 Å². The van der Waals surface area contributed by atoms with E-state index in [4.69, 9.17) is 5.73 Å². The van der Waals surface area contributed by atoms with Crippen LogP contribution >= 0.6 is 23.5 Å². The molecule has 0 aromatic carbocycles. The van der Waals surface area contributed by atoms with Crippen molar-refractivity contribution in [3.63, 3.8) is 0 Å². The van der Waals surface area contributed by atoms with Gasteiger partial charge in [-0.3, -0.25) is 4.68 Å². The van der Waals surface area contributed by atoms with E-state index in [-0.39, 0.29) is 6.04 Å². The lowest BCUT2D eigenvalue weighted by molar-refractivity contribution is 0.574. The van der Waals surface area contributed by atoms with Gasteiger partial charge in [-0.05, 0) is 12.5 Å². The summed E-state index contributed by atoms with van der Waals surface area (Å²) < 4.78 is 1.90. The maximum atomic E-state index is 6.39. The molecule has 1 aliphatic heterocycles. The molecule has 90 valence electrons. The number of thioether (sulfide) groups is 2. The van der Waals surface area contributed by atoms with Gasteiger partial charge < -0.3 is 5.73 Å². The lowest BCUT2D eigenvalue weighted by atomic mass is 10.1. The molecule has 1 aromatic heterocycles. The van der Waals surface area contributed by atoms with Crippen molar-refractivity contribution < 1.29 is 0 Å². The second-order valence-corrected chi connectivity index (χ2v) is 6.69. The second kappa shape index (κ2) is 5.47. The second-order valence-electron chi connectivity index (χ2n) is 4.06. The van der Waals surface area contributed by atoms with Gasteiger partial charge >= 0.3 is 0 Å². The van der Waals surface area contributed by atoms with Crippen molar-refractivity contribution in [2.45, 2.75) is 29.9 Å². The Hall–Kier alpha value is -0.130. The van der Waals surface area contributed by atoms with Crippen LogP contribution in [0.5, 0.6) is 0 Å². The summed E-state index contributed by atoms with van der Waals surface area (Å²) in [7, 11) is 1.97. The van der Waals surface area contributed by atoms with Crippen molar-refractivity contribution in [3.8, 4) is 0 Å². The summed E-state index contributed by atoms with van der Waals surface area (Å²) in [5.41, 5.74) is 7.54. The normalized spacial score (nSPS) is 27.9. The lowest BCUT2D eigenvalue weighted by Crippen LogP contribution is -2.36. The van der Waals surface area contributed by atoms with E-state index in [2.05, 4.69) is 23.8 Å². The number of aryl methyl sites for hydroxylation is 1. The van der Waals surface area contributed by atoms with Gasteiger partial charge in [-0.25, -0.2) is 0 Å². The summed E-state index contributed by atoms with van der Waals surface area (Å²) in [5.74, 6) is 2.48. The topological polar surface area (TPSA) is 43.8 Å². The summed E-state index contributed by atoms with van der Waals surface area (Å²) in [5, 5.41) is 5.41. The molecule has 1 fully saturated rings. The van der Waals surface area contributed by atoms with Gasteiger partial charge in [0, 0.05) is 35.3 Å². The minimum absolute atomic E-state index is 0.107. The molecular weight excluding hydrogens is 238 g/mol. The number of aromatic nitrogens is 2. The summed E-state index contributed by atoms with van der Waals surface area (Å²) in [6.07, 6.45) is 3.03. The molecule has 3 atom stereocenters. The monoisotopic (exact) mass is 257 g/mol. The predicted molar refractivity (Wildman–Crippen MR) is 72.9 cm³/mol. The van der Waals surface area contributed by atoms with Gasteiger partial charge in [0.15, 0.2) is 0 Å². The van der Waals surface area contributed by atoms with Gasteiger partial charge in [0.25, 0.3) is 0 Å². The summed E-state index contributed by atoms with van der Waals surface area (Å²) in [6.45, 7) is 2.26. The molecule has 2 heterocycles. The maximum absolute atomic E-state index is 6.39. The molecule has 0 radical (unpaired) electrons. The van der Waals surface area contributed by atoms with Crippen LogP contribution in [0.1, 0.15) is 25.1 Å². The molecule has 0 saturated carbocycles. The average molecular weight is 257 g/mol. The molecule has 3 unspecified atom stereocenters. The van der Waals surface area contributed by atoms with E-state index in [9.17, 15) is 0 Å². The van der Waals surface area contributed by atoms with Gasteiger partial charge in [0.05, 0.1) is 11.7 Å². The van der Waals surface area contributed by atoms with E-state index >= 15 is 0 Å². The Bertz CT molecular complexity index is 340. The first kappa shape index (κ1) is 12.3. The van der Waals surface area contributed by atoms with Crippen LogP contribution < -0.4 is 5.73 Å². The Morgan fingerprint density at radius 2 is 2.31 bits per heavy atom. The molecule has 3 nitrogen and oxygen atoms in total. The standard InChI is InChI=1S/C11H19N3S2/c1-3-9-11(16-7-6-15-9)10(12)8-4-5-13-14(8)2/h4-5,9-11H,3,6-7,12H2,1-2H3. The SMILES string of the molecule is CCC1SCCSC1C(N)c1ccnn1C. The van der Waals surface area contributed by atoms with Crippen molar-refractivity contribution in [2.24, 2.45) is 12.8 Å². The fourth-order valence-corrected chi connectivity index (χ4v) is 5.31. The van der Waals surface area contributed by atoms with Crippen LogP contribution in [0.4, 0.5) is 0 Å². The summed E-state index contributed by atoms with van der Waals surface area (Å²) >= 11 is 4.10. The number of nitrogens with two attached hydrogens (primary N) is 1. The minimum Gasteiger partial charge on any atom is -0.322 e. The third kappa shape index (κ3) is 2.41. The largest absolute Gasteiger partial charge is 0.322 e. The molecule has 1 aliphatic rings. The molecule has 0 spiro atoms.